The van der Waals surface area contributed by atoms with Crippen molar-refractivity contribution >= 4 is 11.6 Å². The molecule has 0 spiro atoms. The van der Waals surface area contributed by atoms with Gasteiger partial charge < -0.3 is 20.4 Å². The van der Waals surface area contributed by atoms with Crippen LogP contribution in [0.15, 0.2) is 35.5 Å². The zero-order valence-corrected chi connectivity index (χ0v) is 15.8. The summed E-state index contributed by atoms with van der Waals surface area (Å²) in [5.41, 5.74) is 1.97. The number of aliphatic hydroxyl groups is 4. The number of hydrogen-bond acceptors (Lipinski definition) is 6. The lowest BCUT2D eigenvalue weighted by Gasteiger charge is -2.40. The van der Waals surface area contributed by atoms with Crippen LogP contribution in [-0.2, 0) is 9.59 Å². The molecule has 0 aromatic rings. The number of allylic oxidation sites excluding steroid dienone is 6. The van der Waals surface area contributed by atoms with Gasteiger partial charge in [-0.25, -0.2) is 0 Å². The number of carbonyl (C=O) groups excluding carboxylic acids is 2. The van der Waals surface area contributed by atoms with Crippen LogP contribution in [0.1, 0.15) is 38.5 Å². The third-order valence-corrected chi connectivity index (χ3v) is 7.07. The Labute approximate surface area is 164 Å². The van der Waals surface area contributed by atoms with Gasteiger partial charge >= 0.3 is 0 Å². The summed E-state index contributed by atoms with van der Waals surface area (Å²) < 4.78 is 0. The molecule has 0 saturated heterocycles. The molecule has 152 valence electrons. The van der Waals surface area contributed by atoms with Crippen LogP contribution in [0.5, 0.6) is 0 Å². The molecule has 4 N–H and O–H groups in total. The van der Waals surface area contributed by atoms with Gasteiger partial charge in [-0.15, -0.1) is 0 Å². The average Bonchev–Trinajstić information content (AvgIpc) is 2.66. The summed E-state index contributed by atoms with van der Waals surface area (Å²) in [6.07, 6.45) is 6.35. The summed E-state index contributed by atoms with van der Waals surface area (Å²) >= 11 is 0. The highest BCUT2D eigenvalue weighted by atomic mass is 16.3. The van der Waals surface area contributed by atoms with Crippen molar-refractivity contribution in [1.82, 2.24) is 0 Å². The van der Waals surface area contributed by atoms with E-state index < -0.39 is 24.4 Å². The van der Waals surface area contributed by atoms with Crippen molar-refractivity contribution in [3.63, 3.8) is 0 Å². The minimum absolute atomic E-state index is 0.101. The van der Waals surface area contributed by atoms with Crippen LogP contribution in [0.25, 0.3) is 0 Å². The van der Waals surface area contributed by atoms with Gasteiger partial charge in [0.15, 0.2) is 0 Å². The Morgan fingerprint density at radius 1 is 0.607 bits per heavy atom. The number of aliphatic hydroxyl groups excluding tert-OH is 4. The van der Waals surface area contributed by atoms with Crippen molar-refractivity contribution in [2.45, 2.75) is 62.9 Å². The Morgan fingerprint density at radius 2 is 0.929 bits per heavy atom. The van der Waals surface area contributed by atoms with Gasteiger partial charge in [0.05, 0.1) is 24.4 Å². The van der Waals surface area contributed by atoms with Crippen LogP contribution >= 0.6 is 0 Å². The first kappa shape index (κ1) is 19.7. The van der Waals surface area contributed by atoms with Gasteiger partial charge in [-0.1, -0.05) is 24.3 Å². The van der Waals surface area contributed by atoms with Crippen LogP contribution in [0.2, 0.25) is 0 Å². The topological polar surface area (TPSA) is 115 Å². The van der Waals surface area contributed by atoms with Crippen molar-refractivity contribution in [3.05, 3.63) is 35.5 Å². The van der Waals surface area contributed by atoms with E-state index in [0.29, 0.717) is 38.5 Å². The summed E-state index contributed by atoms with van der Waals surface area (Å²) in [5, 5.41) is 40.0. The second kappa shape index (κ2) is 7.67. The first-order valence-corrected chi connectivity index (χ1v) is 10.2. The second-order valence-corrected chi connectivity index (χ2v) is 8.72. The number of hydrogen-bond donors (Lipinski definition) is 4. The van der Waals surface area contributed by atoms with Gasteiger partial charge in [0, 0.05) is 24.7 Å². The smallest absolute Gasteiger partial charge is 0.140 e. The Bertz CT molecular complexity index is 688. The Morgan fingerprint density at radius 3 is 1.29 bits per heavy atom. The highest BCUT2D eigenvalue weighted by Crippen LogP contribution is 2.42. The van der Waals surface area contributed by atoms with Gasteiger partial charge in [-0.2, -0.15) is 0 Å². The Kier molecular flexibility index (Phi) is 5.40. The molecule has 0 heterocycles. The van der Waals surface area contributed by atoms with Gasteiger partial charge in [-0.3, -0.25) is 9.59 Å². The molecule has 8 atom stereocenters. The van der Waals surface area contributed by atoms with Gasteiger partial charge in [0.25, 0.3) is 0 Å². The quantitative estimate of drug-likeness (QED) is 0.557. The number of fused-ring (bicyclic) bond motifs is 2. The fraction of sp³-hybridized carbons (Fsp3) is 0.636. The maximum absolute atomic E-state index is 12.3. The lowest BCUT2D eigenvalue weighted by Crippen LogP contribution is -2.44. The molecule has 6 heteroatoms. The SMILES string of the molecule is O=C1CC=C(C=CC2=CCC(=O)[C@@H]3C[C@@H](O)[C@@H](O)C[C@@H]23)[C@@H]2C[C@@H](O)[C@@H](O)C[C@@H]12. The molecule has 2 fully saturated rings. The number of rotatable bonds is 2. The first-order valence-electron chi connectivity index (χ1n) is 10.2. The molecule has 0 aromatic carbocycles. The molecule has 0 amide bonds. The number of Topliss-reactive ketones (excluding diaryl/α,β-unsaturated/α-hetero) is 2. The lowest BCUT2D eigenvalue weighted by atomic mass is 9.66. The van der Waals surface area contributed by atoms with E-state index in [1.165, 1.54) is 0 Å². The van der Waals surface area contributed by atoms with Crippen LogP contribution in [-0.4, -0.2) is 56.4 Å². The standard InChI is InChI=1S/C22H28O6/c23-17-5-3-11(13-7-19(25)21(27)9-15(13)17)1-2-12-4-6-18(24)16-10-22(28)20(26)8-14(12)16/h1-4,13-16,19-22,25-28H,5-10H2/t13-,14-,15+,16+,19-,20+,21+,22-/m0/s1. The minimum atomic E-state index is -0.850. The largest absolute Gasteiger partial charge is 0.390 e. The average molecular weight is 388 g/mol. The molecule has 0 aliphatic heterocycles. The van der Waals surface area contributed by atoms with Crippen molar-refractivity contribution in [2.24, 2.45) is 23.7 Å². The molecular formula is C22H28O6. The zero-order chi connectivity index (χ0) is 20.0. The van der Waals surface area contributed by atoms with Crippen molar-refractivity contribution in [2.75, 3.05) is 0 Å². The maximum Gasteiger partial charge on any atom is 0.140 e. The van der Waals surface area contributed by atoms with Crippen molar-refractivity contribution in [1.29, 1.82) is 0 Å². The lowest BCUT2D eigenvalue weighted by molar-refractivity contribution is -0.130. The summed E-state index contributed by atoms with van der Waals surface area (Å²) in [6.45, 7) is 0. The van der Waals surface area contributed by atoms with E-state index in [2.05, 4.69) is 0 Å². The van der Waals surface area contributed by atoms with Gasteiger partial charge in [0.1, 0.15) is 11.6 Å². The second-order valence-electron chi connectivity index (χ2n) is 8.72. The van der Waals surface area contributed by atoms with E-state index >= 15 is 0 Å². The van der Waals surface area contributed by atoms with Crippen molar-refractivity contribution < 1.29 is 30.0 Å². The zero-order valence-electron chi connectivity index (χ0n) is 15.8. The van der Waals surface area contributed by atoms with Crippen LogP contribution in [0.4, 0.5) is 0 Å². The third kappa shape index (κ3) is 3.54. The molecule has 6 nitrogen and oxygen atoms in total. The molecule has 0 radical (unpaired) electrons. The van der Waals surface area contributed by atoms with Crippen LogP contribution < -0.4 is 0 Å². The summed E-state index contributed by atoms with van der Waals surface area (Å²) in [7, 11) is 0. The van der Waals surface area contributed by atoms with E-state index in [0.717, 1.165) is 11.1 Å². The molecular weight excluding hydrogens is 360 g/mol. The van der Waals surface area contributed by atoms with E-state index in [-0.39, 0.29) is 35.2 Å². The number of carbonyl (C=O) groups is 2. The third-order valence-electron chi connectivity index (χ3n) is 7.07. The van der Waals surface area contributed by atoms with Gasteiger partial charge in [-0.05, 0) is 48.7 Å². The summed E-state index contributed by atoms with van der Waals surface area (Å²) in [5.74, 6) is -0.499. The Hall–Kier alpha value is -1.60. The predicted octanol–water partition coefficient (Wildman–Crippen LogP) is 0.837. The summed E-state index contributed by atoms with van der Waals surface area (Å²) in [4.78, 5) is 24.5. The van der Waals surface area contributed by atoms with Crippen molar-refractivity contribution in [3.8, 4) is 0 Å². The molecule has 28 heavy (non-hydrogen) atoms. The molecule has 0 unspecified atom stereocenters. The van der Waals surface area contributed by atoms with E-state index in [1.807, 2.05) is 24.3 Å². The fourth-order valence-electron chi connectivity index (χ4n) is 5.39. The van der Waals surface area contributed by atoms with E-state index in [9.17, 15) is 30.0 Å². The Balaban J connectivity index is 1.55. The molecule has 0 aromatic heterocycles. The van der Waals surface area contributed by atoms with Crippen LogP contribution in [0, 0.1) is 23.7 Å². The number of ketones is 2. The highest BCUT2D eigenvalue weighted by Gasteiger charge is 2.43. The minimum Gasteiger partial charge on any atom is -0.390 e. The van der Waals surface area contributed by atoms with E-state index in [4.69, 9.17) is 0 Å². The fourth-order valence-corrected chi connectivity index (χ4v) is 5.39. The predicted molar refractivity (Wildman–Crippen MR) is 101 cm³/mol. The van der Waals surface area contributed by atoms with Crippen LogP contribution in [0.3, 0.4) is 0 Å². The summed E-state index contributed by atoms with van der Waals surface area (Å²) in [6, 6.07) is 0. The van der Waals surface area contributed by atoms with E-state index in [1.54, 1.807) is 0 Å². The maximum atomic E-state index is 12.3. The first-order chi connectivity index (χ1) is 13.3. The molecule has 4 aliphatic rings. The molecule has 4 aliphatic carbocycles. The molecule has 4 rings (SSSR count). The molecule has 0 bridgehead atoms. The highest BCUT2D eigenvalue weighted by molar-refractivity contribution is 5.86. The van der Waals surface area contributed by atoms with Gasteiger partial charge in [0.2, 0.25) is 0 Å². The molecule has 2 saturated carbocycles. The normalized spacial score (nSPS) is 44.0. The monoisotopic (exact) mass is 388 g/mol.